The molecule has 0 aliphatic rings. The Bertz CT molecular complexity index is 681. The summed E-state index contributed by atoms with van der Waals surface area (Å²) in [4.78, 5) is 16.8. The van der Waals surface area contributed by atoms with E-state index in [4.69, 9.17) is 0 Å². The van der Waals surface area contributed by atoms with Crippen molar-refractivity contribution in [1.29, 1.82) is 0 Å². The van der Waals surface area contributed by atoms with Crippen molar-refractivity contribution < 1.29 is 0 Å². The monoisotopic (exact) mass is 281 g/mol. The van der Waals surface area contributed by atoms with Crippen LogP contribution >= 0.6 is 0 Å². The molecule has 1 unspecified atom stereocenters. The van der Waals surface area contributed by atoms with Gasteiger partial charge in [0, 0.05) is 31.3 Å². The molecule has 0 aromatic carbocycles. The predicted octanol–water partition coefficient (Wildman–Crippen LogP) is 1.30. The second kappa shape index (κ2) is 6.19. The van der Waals surface area contributed by atoms with Gasteiger partial charge in [-0.15, -0.1) is 0 Å². The van der Waals surface area contributed by atoms with E-state index in [0.29, 0.717) is 12.5 Å². The van der Waals surface area contributed by atoms with Gasteiger partial charge < -0.3 is 5.32 Å². The molecule has 0 saturated carbocycles. The van der Waals surface area contributed by atoms with Crippen LogP contribution in [0, 0.1) is 0 Å². The van der Waals surface area contributed by atoms with Gasteiger partial charge in [0.05, 0.1) is 6.04 Å². The number of nitrogens with one attached hydrogen (secondary N) is 1. The number of hydrogen-bond acceptors (Lipinski definition) is 6. The fourth-order valence-electron chi connectivity index (χ4n) is 1.97. The van der Waals surface area contributed by atoms with E-state index in [0.717, 1.165) is 11.4 Å². The van der Waals surface area contributed by atoms with Crippen molar-refractivity contribution in [2.45, 2.75) is 19.5 Å². The third kappa shape index (κ3) is 3.09. The van der Waals surface area contributed by atoms with Gasteiger partial charge in [-0.3, -0.25) is 4.98 Å². The normalized spacial score (nSPS) is 12.2. The summed E-state index contributed by atoms with van der Waals surface area (Å²) >= 11 is 0. The van der Waals surface area contributed by atoms with E-state index in [1.54, 1.807) is 29.3 Å². The lowest BCUT2D eigenvalue weighted by Crippen LogP contribution is -2.22. The molecule has 3 heterocycles. The summed E-state index contributed by atoms with van der Waals surface area (Å²) in [7, 11) is 0. The quantitative estimate of drug-likeness (QED) is 0.759. The molecule has 1 atom stereocenters. The molecule has 0 fully saturated rings. The van der Waals surface area contributed by atoms with Gasteiger partial charge in [0.2, 0.25) is 0 Å². The number of rotatable bonds is 5. The molecule has 0 aliphatic heterocycles. The highest BCUT2D eigenvalue weighted by molar-refractivity contribution is 5.13. The molecule has 1 N–H and O–H groups in total. The Morgan fingerprint density at radius 3 is 2.76 bits per heavy atom. The predicted molar refractivity (Wildman–Crippen MR) is 76.4 cm³/mol. The third-order valence-corrected chi connectivity index (χ3v) is 3.04. The molecule has 106 valence electrons. The van der Waals surface area contributed by atoms with Crippen LogP contribution in [0.2, 0.25) is 0 Å². The summed E-state index contributed by atoms with van der Waals surface area (Å²) < 4.78 is 1.64. The van der Waals surface area contributed by atoms with E-state index in [2.05, 4.69) is 30.4 Å². The van der Waals surface area contributed by atoms with Gasteiger partial charge in [-0.25, -0.2) is 15.0 Å². The standard InChI is InChI=1S/C14H15N7/c1-11(18-9-12-4-2-5-15-8-12)13-19-10-20-21(13)14-16-6-3-7-17-14/h2-8,10-11,18H,9H2,1H3. The zero-order valence-electron chi connectivity index (χ0n) is 11.6. The van der Waals surface area contributed by atoms with Crippen LogP contribution in [-0.2, 0) is 6.54 Å². The molecule has 0 spiro atoms. The van der Waals surface area contributed by atoms with Crippen molar-refractivity contribution in [3.05, 3.63) is 60.7 Å². The highest BCUT2D eigenvalue weighted by Crippen LogP contribution is 2.12. The topological polar surface area (TPSA) is 81.4 Å². The Balaban J connectivity index is 1.74. The minimum atomic E-state index is 0.0107. The maximum atomic E-state index is 4.30. The van der Waals surface area contributed by atoms with Crippen LogP contribution in [0.15, 0.2) is 49.3 Å². The van der Waals surface area contributed by atoms with Gasteiger partial charge in [-0.2, -0.15) is 9.78 Å². The van der Waals surface area contributed by atoms with Gasteiger partial charge in [-0.1, -0.05) is 6.07 Å². The van der Waals surface area contributed by atoms with Crippen molar-refractivity contribution in [2.24, 2.45) is 0 Å². The van der Waals surface area contributed by atoms with Gasteiger partial charge in [0.15, 0.2) is 5.82 Å². The Morgan fingerprint density at radius 2 is 2.00 bits per heavy atom. The number of pyridine rings is 1. The minimum absolute atomic E-state index is 0.0107. The van der Waals surface area contributed by atoms with Gasteiger partial charge >= 0.3 is 0 Å². The summed E-state index contributed by atoms with van der Waals surface area (Å²) in [5.41, 5.74) is 1.12. The number of hydrogen-bond donors (Lipinski definition) is 1. The number of aromatic nitrogens is 6. The molecule has 3 rings (SSSR count). The maximum Gasteiger partial charge on any atom is 0.252 e. The van der Waals surface area contributed by atoms with Gasteiger partial charge in [-0.05, 0) is 24.6 Å². The largest absolute Gasteiger partial charge is 0.303 e. The first-order valence-electron chi connectivity index (χ1n) is 6.64. The lowest BCUT2D eigenvalue weighted by atomic mass is 10.2. The van der Waals surface area contributed by atoms with Crippen LogP contribution in [0.4, 0.5) is 0 Å². The maximum absolute atomic E-state index is 4.30. The Hall–Kier alpha value is -2.67. The van der Waals surface area contributed by atoms with Crippen LogP contribution in [0.25, 0.3) is 5.95 Å². The Kier molecular flexibility index (Phi) is 3.92. The summed E-state index contributed by atoms with van der Waals surface area (Å²) in [6.45, 7) is 2.73. The molecule has 0 bridgehead atoms. The zero-order chi connectivity index (χ0) is 14.5. The van der Waals surface area contributed by atoms with Crippen molar-refractivity contribution in [1.82, 2.24) is 35.0 Å². The lowest BCUT2D eigenvalue weighted by Gasteiger charge is -2.13. The fourth-order valence-corrected chi connectivity index (χ4v) is 1.97. The average Bonchev–Trinajstić information content (AvgIpc) is 3.04. The molecule has 3 aromatic heterocycles. The molecular weight excluding hydrogens is 266 g/mol. The van der Waals surface area contributed by atoms with Crippen LogP contribution in [0.5, 0.6) is 0 Å². The molecular formula is C14H15N7. The molecule has 0 amide bonds. The molecule has 21 heavy (non-hydrogen) atoms. The number of nitrogens with zero attached hydrogens (tertiary/aromatic N) is 6. The molecule has 7 heteroatoms. The highest BCUT2D eigenvalue weighted by Gasteiger charge is 2.15. The van der Waals surface area contributed by atoms with Crippen LogP contribution in [0.3, 0.4) is 0 Å². The minimum Gasteiger partial charge on any atom is -0.303 e. The van der Waals surface area contributed by atoms with Gasteiger partial charge in [0.25, 0.3) is 5.95 Å². The van der Waals surface area contributed by atoms with Crippen LogP contribution in [0.1, 0.15) is 24.4 Å². The summed E-state index contributed by atoms with van der Waals surface area (Å²) in [6, 6.07) is 5.72. The van der Waals surface area contributed by atoms with Crippen molar-refractivity contribution in [2.75, 3.05) is 0 Å². The van der Waals surface area contributed by atoms with Crippen LogP contribution < -0.4 is 5.32 Å². The van der Waals surface area contributed by atoms with E-state index in [1.807, 2.05) is 25.3 Å². The van der Waals surface area contributed by atoms with E-state index in [9.17, 15) is 0 Å². The van der Waals surface area contributed by atoms with Crippen molar-refractivity contribution in [3.8, 4) is 5.95 Å². The SMILES string of the molecule is CC(NCc1cccnc1)c1ncnn1-c1ncccn1. The molecule has 0 aliphatic carbocycles. The van der Waals surface area contributed by atoms with E-state index in [1.165, 1.54) is 6.33 Å². The molecule has 7 nitrogen and oxygen atoms in total. The summed E-state index contributed by atoms with van der Waals surface area (Å²) in [5.74, 6) is 1.28. The first-order chi connectivity index (χ1) is 10.3. The second-order valence-corrected chi connectivity index (χ2v) is 4.54. The first-order valence-corrected chi connectivity index (χ1v) is 6.64. The summed E-state index contributed by atoms with van der Waals surface area (Å²) in [6.07, 6.45) is 8.47. The lowest BCUT2D eigenvalue weighted by molar-refractivity contribution is 0.527. The smallest absolute Gasteiger partial charge is 0.252 e. The zero-order valence-corrected chi connectivity index (χ0v) is 11.6. The first kappa shape index (κ1) is 13.3. The van der Waals surface area contributed by atoms with Crippen molar-refractivity contribution in [3.63, 3.8) is 0 Å². The molecule has 3 aromatic rings. The third-order valence-electron chi connectivity index (χ3n) is 3.04. The van der Waals surface area contributed by atoms with Crippen molar-refractivity contribution >= 4 is 0 Å². The fraction of sp³-hybridized carbons (Fsp3) is 0.214. The van der Waals surface area contributed by atoms with E-state index >= 15 is 0 Å². The van der Waals surface area contributed by atoms with Crippen LogP contribution in [-0.4, -0.2) is 29.7 Å². The van der Waals surface area contributed by atoms with E-state index in [-0.39, 0.29) is 6.04 Å². The summed E-state index contributed by atoms with van der Waals surface area (Å²) in [5, 5.41) is 7.58. The Morgan fingerprint density at radius 1 is 1.14 bits per heavy atom. The molecule has 0 saturated heterocycles. The van der Waals surface area contributed by atoms with Gasteiger partial charge in [0.1, 0.15) is 6.33 Å². The average molecular weight is 281 g/mol. The highest BCUT2D eigenvalue weighted by atomic mass is 15.4. The van der Waals surface area contributed by atoms with E-state index < -0.39 is 0 Å². The Labute approximate surface area is 122 Å². The molecule has 0 radical (unpaired) electrons. The second-order valence-electron chi connectivity index (χ2n) is 4.54.